The molecule has 0 atom stereocenters. The molecule has 18 heavy (non-hydrogen) atoms. The highest BCUT2D eigenvalue weighted by molar-refractivity contribution is 5.76. The number of aliphatic imine (C=N–C) groups is 1. The maximum atomic E-state index is 5.26. The molecule has 0 aliphatic heterocycles. The quantitative estimate of drug-likeness (QED) is 0.772. The number of aromatic nitrogens is 2. The molecule has 1 aromatic heterocycles. The van der Waals surface area contributed by atoms with Crippen LogP contribution in [-0.2, 0) is 6.54 Å². The minimum Gasteiger partial charge on any atom is -0.496 e. The molecular weight excluding hydrogens is 226 g/mol. The minimum atomic E-state index is 0.569. The van der Waals surface area contributed by atoms with E-state index >= 15 is 0 Å². The molecule has 4 heteroatoms. The fraction of sp³-hybridized carbons (Fsp3) is 0.214. The molecule has 0 radical (unpaired) electrons. The van der Waals surface area contributed by atoms with Crippen LogP contribution in [0.25, 0.3) is 0 Å². The fourth-order valence-corrected chi connectivity index (χ4v) is 1.54. The zero-order chi connectivity index (χ0) is 12.8. The molecule has 0 saturated carbocycles. The number of para-hydroxylation sites is 1. The van der Waals surface area contributed by atoms with E-state index in [4.69, 9.17) is 4.74 Å². The number of methoxy groups -OCH3 is 1. The molecule has 0 amide bonds. The van der Waals surface area contributed by atoms with Crippen molar-refractivity contribution in [1.29, 1.82) is 0 Å². The second-order valence-corrected chi connectivity index (χ2v) is 3.86. The summed E-state index contributed by atoms with van der Waals surface area (Å²) in [5.74, 6) is 0.852. The highest BCUT2D eigenvalue weighted by Crippen LogP contribution is 2.17. The van der Waals surface area contributed by atoms with E-state index in [9.17, 15) is 0 Å². The second kappa shape index (κ2) is 5.91. The van der Waals surface area contributed by atoms with Crippen LogP contribution in [0.15, 0.2) is 41.7 Å². The van der Waals surface area contributed by atoms with Gasteiger partial charge in [0.2, 0.25) is 0 Å². The molecule has 0 bridgehead atoms. The number of benzene rings is 1. The Labute approximate surface area is 106 Å². The predicted molar refractivity (Wildman–Crippen MR) is 71.1 cm³/mol. The van der Waals surface area contributed by atoms with Crippen LogP contribution in [0.3, 0.4) is 0 Å². The maximum Gasteiger partial charge on any atom is 0.123 e. The van der Waals surface area contributed by atoms with Crippen LogP contribution in [0.4, 0.5) is 0 Å². The van der Waals surface area contributed by atoms with E-state index in [0.717, 1.165) is 22.7 Å². The summed E-state index contributed by atoms with van der Waals surface area (Å²) in [6.45, 7) is 2.47. The summed E-state index contributed by atoms with van der Waals surface area (Å²) in [6.07, 6.45) is 5.16. The third-order valence-corrected chi connectivity index (χ3v) is 2.48. The van der Waals surface area contributed by atoms with Crippen LogP contribution in [0, 0.1) is 6.92 Å². The number of rotatable bonds is 4. The summed E-state index contributed by atoms with van der Waals surface area (Å²) in [5.41, 5.74) is 2.71. The van der Waals surface area contributed by atoms with E-state index in [-0.39, 0.29) is 0 Å². The van der Waals surface area contributed by atoms with Crippen molar-refractivity contribution in [3.05, 3.63) is 53.6 Å². The van der Waals surface area contributed by atoms with Gasteiger partial charge in [0.15, 0.2) is 0 Å². The van der Waals surface area contributed by atoms with Gasteiger partial charge in [-0.1, -0.05) is 18.2 Å². The maximum absolute atomic E-state index is 5.26. The van der Waals surface area contributed by atoms with Crippen molar-refractivity contribution in [1.82, 2.24) is 9.97 Å². The van der Waals surface area contributed by atoms with Crippen LogP contribution in [-0.4, -0.2) is 23.3 Å². The first-order valence-corrected chi connectivity index (χ1v) is 5.70. The van der Waals surface area contributed by atoms with Gasteiger partial charge in [-0.3, -0.25) is 15.0 Å². The molecule has 0 fully saturated rings. The molecule has 1 heterocycles. The van der Waals surface area contributed by atoms with Crippen molar-refractivity contribution in [3.63, 3.8) is 0 Å². The van der Waals surface area contributed by atoms with Gasteiger partial charge in [-0.25, -0.2) is 0 Å². The number of nitrogens with zero attached hydrogens (tertiary/aromatic N) is 3. The minimum absolute atomic E-state index is 0.569. The Bertz CT molecular complexity index is 535. The number of hydrogen-bond donors (Lipinski definition) is 0. The van der Waals surface area contributed by atoms with E-state index in [2.05, 4.69) is 15.0 Å². The van der Waals surface area contributed by atoms with Crippen molar-refractivity contribution in [2.24, 2.45) is 4.99 Å². The summed E-state index contributed by atoms with van der Waals surface area (Å²) in [6, 6.07) is 7.84. The average Bonchev–Trinajstić information content (AvgIpc) is 2.41. The van der Waals surface area contributed by atoms with Crippen LogP contribution in [0.1, 0.15) is 17.0 Å². The van der Waals surface area contributed by atoms with Crippen LogP contribution in [0.2, 0.25) is 0 Å². The lowest BCUT2D eigenvalue weighted by Gasteiger charge is -2.04. The van der Waals surface area contributed by atoms with Crippen LogP contribution < -0.4 is 4.74 Å². The molecule has 1 aromatic carbocycles. The largest absolute Gasteiger partial charge is 0.496 e. The summed E-state index contributed by atoms with van der Waals surface area (Å²) in [7, 11) is 1.66. The Kier molecular flexibility index (Phi) is 4.02. The van der Waals surface area contributed by atoms with Crippen molar-refractivity contribution >= 4 is 6.21 Å². The molecule has 92 valence electrons. The van der Waals surface area contributed by atoms with Crippen molar-refractivity contribution < 1.29 is 4.74 Å². The van der Waals surface area contributed by atoms with Gasteiger partial charge in [-0.2, -0.15) is 0 Å². The Morgan fingerprint density at radius 1 is 1.22 bits per heavy atom. The SMILES string of the molecule is COc1ccccc1CN=Cc1cnc(C)cn1. The standard InChI is InChI=1S/C14H15N3O/c1-11-7-17-13(10-16-11)9-15-8-12-5-3-4-6-14(12)18-2/h3-7,9-10H,8H2,1-2H3. The molecule has 0 unspecified atom stereocenters. The normalized spacial score (nSPS) is 10.8. The highest BCUT2D eigenvalue weighted by atomic mass is 16.5. The van der Waals surface area contributed by atoms with Gasteiger partial charge < -0.3 is 4.74 Å². The van der Waals surface area contributed by atoms with Gasteiger partial charge in [0.05, 0.1) is 31.2 Å². The Hall–Kier alpha value is -2.23. The molecular formula is C14H15N3O. The van der Waals surface area contributed by atoms with Crippen molar-refractivity contribution in [3.8, 4) is 5.75 Å². The van der Waals surface area contributed by atoms with Gasteiger partial charge in [0.25, 0.3) is 0 Å². The summed E-state index contributed by atoms with van der Waals surface area (Å²) < 4.78 is 5.26. The zero-order valence-electron chi connectivity index (χ0n) is 10.5. The Morgan fingerprint density at radius 2 is 2.06 bits per heavy atom. The third-order valence-electron chi connectivity index (χ3n) is 2.48. The first-order chi connectivity index (χ1) is 8.79. The molecule has 4 nitrogen and oxygen atoms in total. The van der Waals surface area contributed by atoms with Gasteiger partial charge >= 0.3 is 0 Å². The van der Waals surface area contributed by atoms with E-state index < -0.39 is 0 Å². The molecule has 2 aromatic rings. The van der Waals surface area contributed by atoms with Crippen molar-refractivity contribution in [2.75, 3.05) is 7.11 Å². The smallest absolute Gasteiger partial charge is 0.123 e. The van der Waals surface area contributed by atoms with Gasteiger partial charge in [-0.05, 0) is 13.0 Å². The lowest BCUT2D eigenvalue weighted by Crippen LogP contribution is -1.93. The first kappa shape index (κ1) is 12.2. The number of ether oxygens (including phenoxy) is 1. The molecule has 0 aliphatic rings. The second-order valence-electron chi connectivity index (χ2n) is 3.86. The Morgan fingerprint density at radius 3 is 2.78 bits per heavy atom. The summed E-state index contributed by atoms with van der Waals surface area (Å²) >= 11 is 0. The highest BCUT2D eigenvalue weighted by Gasteiger charge is 1.99. The van der Waals surface area contributed by atoms with Crippen LogP contribution >= 0.6 is 0 Å². The van der Waals surface area contributed by atoms with Crippen LogP contribution in [0.5, 0.6) is 5.75 Å². The average molecular weight is 241 g/mol. The van der Waals surface area contributed by atoms with Gasteiger partial charge in [0, 0.05) is 18.0 Å². The number of aryl methyl sites for hydroxylation is 1. The zero-order valence-corrected chi connectivity index (χ0v) is 10.5. The summed E-state index contributed by atoms with van der Waals surface area (Å²) in [5, 5.41) is 0. The monoisotopic (exact) mass is 241 g/mol. The molecule has 0 N–H and O–H groups in total. The molecule has 0 aliphatic carbocycles. The Balaban J connectivity index is 2.05. The van der Waals surface area contributed by atoms with Gasteiger partial charge in [0.1, 0.15) is 5.75 Å². The lowest BCUT2D eigenvalue weighted by molar-refractivity contribution is 0.410. The number of hydrogen-bond acceptors (Lipinski definition) is 4. The first-order valence-electron chi connectivity index (χ1n) is 5.70. The lowest BCUT2D eigenvalue weighted by atomic mass is 10.2. The predicted octanol–water partition coefficient (Wildman–Crippen LogP) is 2.41. The molecule has 2 rings (SSSR count). The van der Waals surface area contributed by atoms with E-state index in [0.29, 0.717) is 6.54 Å². The van der Waals surface area contributed by atoms with Gasteiger partial charge in [-0.15, -0.1) is 0 Å². The molecule has 0 saturated heterocycles. The summed E-state index contributed by atoms with van der Waals surface area (Å²) in [4.78, 5) is 12.7. The van der Waals surface area contributed by atoms with E-state index in [1.807, 2.05) is 31.2 Å². The van der Waals surface area contributed by atoms with Crippen molar-refractivity contribution in [2.45, 2.75) is 13.5 Å². The topological polar surface area (TPSA) is 47.4 Å². The van der Waals surface area contributed by atoms with E-state index in [1.54, 1.807) is 25.7 Å². The third kappa shape index (κ3) is 3.13. The molecule has 0 spiro atoms. The fourth-order valence-electron chi connectivity index (χ4n) is 1.54. The van der Waals surface area contributed by atoms with E-state index in [1.165, 1.54) is 0 Å².